The summed E-state index contributed by atoms with van der Waals surface area (Å²) >= 11 is 0. The van der Waals surface area contributed by atoms with E-state index in [9.17, 15) is 4.79 Å². The molecule has 1 aliphatic rings. The van der Waals surface area contributed by atoms with E-state index < -0.39 is 0 Å². The first-order valence-corrected chi connectivity index (χ1v) is 10.9. The summed E-state index contributed by atoms with van der Waals surface area (Å²) in [4.78, 5) is 18.7. The maximum atomic E-state index is 12.0. The molecule has 1 heterocycles. The summed E-state index contributed by atoms with van der Waals surface area (Å²) in [6.07, 6.45) is 3.35. The predicted octanol–water partition coefficient (Wildman–Crippen LogP) is 3.63. The third-order valence-corrected chi connectivity index (χ3v) is 5.18. The zero-order valence-electron chi connectivity index (χ0n) is 18.3. The van der Waals surface area contributed by atoms with Gasteiger partial charge in [0.25, 0.3) is 0 Å². The van der Waals surface area contributed by atoms with E-state index in [0.717, 1.165) is 36.8 Å². The van der Waals surface area contributed by atoms with Crippen LogP contribution in [0.2, 0.25) is 0 Å². The van der Waals surface area contributed by atoms with Crippen LogP contribution in [0.15, 0.2) is 66.2 Å². The molecule has 0 atom stereocenters. The van der Waals surface area contributed by atoms with E-state index in [4.69, 9.17) is 9.73 Å². The van der Waals surface area contributed by atoms with Crippen molar-refractivity contribution < 1.29 is 9.53 Å². The summed E-state index contributed by atoms with van der Waals surface area (Å²) in [7, 11) is 0. The summed E-state index contributed by atoms with van der Waals surface area (Å²) in [5.41, 5.74) is 3.36. The number of rotatable bonds is 10. The van der Waals surface area contributed by atoms with Crippen molar-refractivity contribution in [3.63, 3.8) is 0 Å². The Morgan fingerprint density at radius 2 is 1.87 bits per heavy atom. The summed E-state index contributed by atoms with van der Waals surface area (Å²) < 4.78 is 5.74. The standard InChI is InChI=1S/C25H32N4O2/c1-3-16-31-23-13-8-7-11-21(23)18-28-25(26-4-2)27-17-20-10-5-6-12-22(20)19-29-15-9-14-24(29)30/h3,5-8,10-13H,1,4,9,14-19H2,2H3,(H2,26,27,28). The second kappa shape index (κ2) is 11.8. The number of aliphatic imine (C=N–C) groups is 1. The number of ether oxygens (including phenoxy) is 1. The van der Waals surface area contributed by atoms with Crippen molar-refractivity contribution in [2.24, 2.45) is 4.99 Å². The molecule has 0 unspecified atom stereocenters. The van der Waals surface area contributed by atoms with E-state index in [1.807, 2.05) is 48.2 Å². The SMILES string of the molecule is C=CCOc1ccccc1CN=C(NCC)NCc1ccccc1CN1CCCC1=O. The van der Waals surface area contributed by atoms with Gasteiger partial charge in [-0.25, -0.2) is 4.99 Å². The third kappa shape index (κ3) is 6.60. The number of benzene rings is 2. The lowest BCUT2D eigenvalue weighted by molar-refractivity contribution is -0.128. The van der Waals surface area contributed by atoms with Gasteiger partial charge in [-0.1, -0.05) is 55.1 Å². The highest BCUT2D eigenvalue weighted by molar-refractivity contribution is 5.80. The molecule has 1 aliphatic heterocycles. The van der Waals surface area contributed by atoms with Crippen LogP contribution in [0.5, 0.6) is 5.75 Å². The minimum Gasteiger partial charge on any atom is -0.489 e. The molecule has 3 rings (SSSR count). The van der Waals surface area contributed by atoms with E-state index in [1.165, 1.54) is 11.1 Å². The monoisotopic (exact) mass is 420 g/mol. The number of hydrogen-bond donors (Lipinski definition) is 2. The van der Waals surface area contributed by atoms with Crippen LogP contribution in [0.4, 0.5) is 0 Å². The number of likely N-dealkylation sites (tertiary alicyclic amines) is 1. The molecule has 164 valence electrons. The molecule has 2 N–H and O–H groups in total. The summed E-state index contributed by atoms with van der Waals surface area (Å²) in [6, 6.07) is 16.2. The first kappa shape index (κ1) is 22.4. The largest absolute Gasteiger partial charge is 0.489 e. The molecule has 6 heteroatoms. The van der Waals surface area contributed by atoms with Crippen molar-refractivity contribution in [1.29, 1.82) is 0 Å². The number of carbonyl (C=O) groups excluding carboxylic acids is 1. The molecule has 0 aromatic heterocycles. The van der Waals surface area contributed by atoms with Gasteiger partial charge < -0.3 is 20.3 Å². The molecule has 0 saturated carbocycles. The van der Waals surface area contributed by atoms with E-state index in [1.54, 1.807) is 6.08 Å². The first-order valence-electron chi connectivity index (χ1n) is 10.9. The van der Waals surface area contributed by atoms with Crippen molar-refractivity contribution in [3.8, 4) is 5.75 Å². The molecule has 0 aliphatic carbocycles. The van der Waals surface area contributed by atoms with Gasteiger partial charge in [-0.15, -0.1) is 0 Å². The van der Waals surface area contributed by atoms with Crippen molar-refractivity contribution in [2.75, 3.05) is 19.7 Å². The van der Waals surface area contributed by atoms with Crippen LogP contribution in [0.25, 0.3) is 0 Å². The lowest BCUT2D eigenvalue weighted by Gasteiger charge is -2.19. The van der Waals surface area contributed by atoms with Crippen LogP contribution < -0.4 is 15.4 Å². The maximum Gasteiger partial charge on any atom is 0.222 e. The average Bonchev–Trinajstić information content (AvgIpc) is 3.20. The lowest BCUT2D eigenvalue weighted by atomic mass is 10.1. The number of nitrogens with zero attached hydrogens (tertiary/aromatic N) is 2. The Bertz CT molecular complexity index is 910. The molecule has 0 radical (unpaired) electrons. The fourth-order valence-corrected chi connectivity index (χ4v) is 3.57. The molecule has 2 aromatic carbocycles. The van der Waals surface area contributed by atoms with Crippen molar-refractivity contribution >= 4 is 11.9 Å². The van der Waals surface area contributed by atoms with Gasteiger partial charge in [0.15, 0.2) is 5.96 Å². The van der Waals surface area contributed by atoms with Gasteiger partial charge in [-0.3, -0.25) is 4.79 Å². The third-order valence-electron chi connectivity index (χ3n) is 5.18. The Labute approximate surface area is 185 Å². The normalized spacial score (nSPS) is 13.9. The Morgan fingerprint density at radius 1 is 1.13 bits per heavy atom. The lowest BCUT2D eigenvalue weighted by Crippen LogP contribution is -2.37. The Kier molecular flexibility index (Phi) is 8.52. The smallest absolute Gasteiger partial charge is 0.222 e. The van der Waals surface area contributed by atoms with Crippen molar-refractivity contribution in [3.05, 3.63) is 77.9 Å². The Hall–Kier alpha value is -3.28. The van der Waals surface area contributed by atoms with Crippen molar-refractivity contribution in [2.45, 2.75) is 39.4 Å². The van der Waals surface area contributed by atoms with E-state index in [0.29, 0.717) is 32.7 Å². The van der Waals surface area contributed by atoms with Crippen LogP contribution in [-0.4, -0.2) is 36.5 Å². The second-order valence-corrected chi connectivity index (χ2v) is 7.44. The Balaban J connectivity index is 1.66. The van der Waals surface area contributed by atoms with Gasteiger partial charge in [0.2, 0.25) is 5.91 Å². The number of carbonyl (C=O) groups is 1. The molecule has 1 saturated heterocycles. The number of hydrogen-bond acceptors (Lipinski definition) is 3. The second-order valence-electron chi connectivity index (χ2n) is 7.44. The number of para-hydroxylation sites is 1. The molecule has 31 heavy (non-hydrogen) atoms. The van der Waals surface area contributed by atoms with E-state index >= 15 is 0 Å². The zero-order valence-corrected chi connectivity index (χ0v) is 18.3. The van der Waals surface area contributed by atoms with Crippen molar-refractivity contribution in [1.82, 2.24) is 15.5 Å². The highest BCUT2D eigenvalue weighted by atomic mass is 16.5. The Morgan fingerprint density at radius 3 is 2.58 bits per heavy atom. The molecule has 1 fully saturated rings. The minimum atomic E-state index is 0.245. The number of amides is 1. The highest BCUT2D eigenvalue weighted by Gasteiger charge is 2.20. The number of guanidine groups is 1. The van der Waals surface area contributed by atoms with Gasteiger partial charge >= 0.3 is 0 Å². The van der Waals surface area contributed by atoms with E-state index in [-0.39, 0.29) is 5.91 Å². The quantitative estimate of drug-likeness (QED) is 0.350. The van der Waals surface area contributed by atoms with E-state index in [2.05, 4.69) is 29.3 Å². The molecule has 6 nitrogen and oxygen atoms in total. The van der Waals surface area contributed by atoms with Crippen LogP contribution in [-0.2, 0) is 24.4 Å². The van der Waals surface area contributed by atoms with Crippen LogP contribution in [0.3, 0.4) is 0 Å². The van der Waals surface area contributed by atoms with Gasteiger partial charge in [-0.2, -0.15) is 0 Å². The summed E-state index contributed by atoms with van der Waals surface area (Å²) in [6.45, 7) is 9.64. The zero-order chi connectivity index (χ0) is 21.9. The average molecular weight is 421 g/mol. The van der Waals surface area contributed by atoms with Gasteiger partial charge in [0, 0.05) is 38.2 Å². The molecule has 0 spiro atoms. The summed E-state index contributed by atoms with van der Waals surface area (Å²) in [5.74, 6) is 1.81. The minimum absolute atomic E-state index is 0.245. The highest BCUT2D eigenvalue weighted by Crippen LogP contribution is 2.19. The molecule has 2 aromatic rings. The maximum absolute atomic E-state index is 12.0. The molecular weight excluding hydrogens is 388 g/mol. The molecule has 1 amide bonds. The van der Waals surface area contributed by atoms with Gasteiger partial charge in [0.1, 0.15) is 12.4 Å². The fourth-order valence-electron chi connectivity index (χ4n) is 3.57. The van der Waals surface area contributed by atoms with Gasteiger partial charge in [0.05, 0.1) is 6.54 Å². The molecular formula is C25H32N4O2. The summed E-state index contributed by atoms with van der Waals surface area (Å²) in [5, 5.41) is 6.73. The number of nitrogens with one attached hydrogen (secondary N) is 2. The predicted molar refractivity (Wildman–Crippen MR) is 125 cm³/mol. The molecule has 0 bridgehead atoms. The fraction of sp³-hybridized carbons (Fsp3) is 0.360. The van der Waals surface area contributed by atoms with Crippen LogP contribution in [0.1, 0.15) is 36.5 Å². The first-order chi connectivity index (χ1) is 15.2. The van der Waals surface area contributed by atoms with Crippen LogP contribution >= 0.6 is 0 Å². The van der Waals surface area contributed by atoms with Crippen LogP contribution in [0, 0.1) is 0 Å². The van der Waals surface area contributed by atoms with Gasteiger partial charge in [-0.05, 0) is 30.5 Å². The topological polar surface area (TPSA) is 66.0 Å².